The van der Waals surface area contributed by atoms with Crippen LogP contribution in [0.3, 0.4) is 0 Å². The number of aromatic nitrogens is 2. The Hall–Kier alpha value is -3.48. The number of rotatable bonds is 6. The van der Waals surface area contributed by atoms with Gasteiger partial charge in [0.25, 0.3) is 11.5 Å². The standard InChI is InChI=1S/C23H24N4O3/c1-3-4-12-23(17-10-6-5-7-11-17)21(29)27(22(30)25-23)15-18-14-19(28)26-13-8-9-16(2)20(26)24-18/h5-11,13-14H,3-4,12,15H2,1-2H3,(H,25,30). The molecule has 0 aliphatic carbocycles. The maximum absolute atomic E-state index is 13.5. The van der Waals surface area contributed by atoms with Crippen LogP contribution in [0.5, 0.6) is 0 Å². The number of carbonyl (C=O) groups is 2. The lowest BCUT2D eigenvalue weighted by Crippen LogP contribution is -2.44. The summed E-state index contributed by atoms with van der Waals surface area (Å²) < 4.78 is 1.46. The van der Waals surface area contributed by atoms with E-state index in [-0.39, 0.29) is 18.0 Å². The van der Waals surface area contributed by atoms with Crippen molar-refractivity contribution in [1.82, 2.24) is 19.6 Å². The number of aryl methyl sites for hydroxylation is 1. The fourth-order valence-electron chi connectivity index (χ4n) is 4.00. The third kappa shape index (κ3) is 3.26. The molecule has 154 valence electrons. The molecular formula is C23H24N4O3. The highest BCUT2D eigenvalue weighted by Gasteiger charge is 2.51. The second-order valence-corrected chi connectivity index (χ2v) is 7.67. The van der Waals surface area contributed by atoms with Crippen molar-refractivity contribution in [2.45, 2.75) is 45.2 Å². The zero-order valence-corrected chi connectivity index (χ0v) is 17.1. The van der Waals surface area contributed by atoms with E-state index in [1.165, 1.54) is 15.4 Å². The minimum absolute atomic E-state index is 0.0501. The number of pyridine rings is 1. The monoisotopic (exact) mass is 404 g/mol. The number of carbonyl (C=O) groups excluding carboxylic acids is 2. The third-order valence-electron chi connectivity index (χ3n) is 5.61. The summed E-state index contributed by atoms with van der Waals surface area (Å²) in [5.41, 5.74) is 1.18. The van der Waals surface area contributed by atoms with E-state index in [0.29, 0.717) is 17.8 Å². The number of imide groups is 1. The van der Waals surface area contributed by atoms with Crippen LogP contribution in [0.15, 0.2) is 59.5 Å². The second-order valence-electron chi connectivity index (χ2n) is 7.67. The molecule has 1 aliphatic heterocycles. The van der Waals surface area contributed by atoms with E-state index in [1.54, 1.807) is 12.3 Å². The minimum Gasteiger partial charge on any atom is -0.319 e. The first-order valence-electron chi connectivity index (χ1n) is 10.1. The zero-order chi connectivity index (χ0) is 21.3. The molecule has 3 heterocycles. The van der Waals surface area contributed by atoms with Gasteiger partial charge in [-0.1, -0.05) is 56.2 Å². The Morgan fingerprint density at radius 3 is 2.57 bits per heavy atom. The van der Waals surface area contributed by atoms with Crippen molar-refractivity contribution in [2.75, 3.05) is 0 Å². The number of nitrogens with one attached hydrogen (secondary N) is 1. The van der Waals surface area contributed by atoms with Crippen LogP contribution in [-0.2, 0) is 16.9 Å². The van der Waals surface area contributed by atoms with Gasteiger partial charge in [0.1, 0.15) is 11.2 Å². The quantitative estimate of drug-likeness (QED) is 0.640. The van der Waals surface area contributed by atoms with E-state index < -0.39 is 11.6 Å². The summed E-state index contributed by atoms with van der Waals surface area (Å²) >= 11 is 0. The van der Waals surface area contributed by atoms with E-state index in [0.717, 1.165) is 24.0 Å². The fourth-order valence-corrected chi connectivity index (χ4v) is 4.00. The topological polar surface area (TPSA) is 83.8 Å². The maximum Gasteiger partial charge on any atom is 0.325 e. The summed E-state index contributed by atoms with van der Waals surface area (Å²) in [4.78, 5) is 44.5. The first-order valence-corrected chi connectivity index (χ1v) is 10.1. The minimum atomic E-state index is -1.09. The number of hydrogen-bond acceptors (Lipinski definition) is 4. The molecule has 2 aromatic heterocycles. The molecule has 7 nitrogen and oxygen atoms in total. The molecule has 1 N–H and O–H groups in total. The Bertz CT molecular complexity index is 1170. The van der Waals surface area contributed by atoms with E-state index in [9.17, 15) is 14.4 Å². The molecule has 1 aromatic carbocycles. The van der Waals surface area contributed by atoms with E-state index in [1.807, 2.05) is 50.2 Å². The number of fused-ring (bicyclic) bond motifs is 1. The summed E-state index contributed by atoms with van der Waals surface area (Å²) in [6, 6.07) is 13.9. The van der Waals surface area contributed by atoms with Crippen LogP contribution in [-0.4, -0.2) is 26.2 Å². The number of hydrogen-bond donors (Lipinski definition) is 1. The van der Waals surface area contributed by atoms with Crippen LogP contribution in [0.25, 0.3) is 5.65 Å². The van der Waals surface area contributed by atoms with Crippen LogP contribution >= 0.6 is 0 Å². The number of nitrogens with zero attached hydrogens (tertiary/aromatic N) is 3. The molecule has 0 radical (unpaired) electrons. The molecule has 1 saturated heterocycles. The maximum atomic E-state index is 13.5. The van der Waals surface area contributed by atoms with Gasteiger partial charge in [-0.05, 0) is 30.5 Å². The van der Waals surface area contributed by atoms with Crippen molar-refractivity contribution < 1.29 is 9.59 Å². The Morgan fingerprint density at radius 1 is 1.07 bits per heavy atom. The second kappa shape index (κ2) is 7.74. The average molecular weight is 404 g/mol. The highest BCUT2D eigenvalue weighted by molar-refractivity contribution is 6.07. The van der Waals surface area contributed by atoms with Gasteiger partial charge in [-0.3, -0.25) is 18.9 Å². The van der Waals surface area contributed by atoms with Gasteiger partial charge >= 0.3 is 6.03 Å². The van der Waals surface area contributed by atoms with Gasteiger partial charge in [-0.2, -0.15) is 0 Å². The first-order chi connectivity index (χ1) is 14.5. The van der Waals surface area contributed by atoms with Crippen molar-refractivity contribution in [1.29, 1.82) is 0 Å². The summed E-state index contributed by atoms with van der Waals surface area (Å²) in [7, 11) is 0. The van der Waals surface area contributed by atoms with Crippen molar-refractivity contribution in [3.63, 3.8) is 0 Å². The number of urea groups is 1. The van der Waals surface area contributed by atoms with Gasteiger partial charge < -0.3 is 5.32 Å². The molecule has 0 bridgehead atoms. The van der Waals surface area contributed by atoms with Crippen molar-refractivity contribution in [2.24, 2.45) is 0 Å². The molecule has 0 spiro atoms. The van der Waals surface area contributed by atoms with Crippen molar-refractivity contribution in [3.8, 4) is 0 Å². The van der Waals surface area contributed by atoms with Crippen LogP contribution in [0.4, 0.5) is 4.79 Å². The van der Waals surface area contributed by atoms with E-state index in [2.05, 4.69) is 10.3 Å². The van der Waals surface area contributed by atoms with Gasteiger partial charge in [0.05, 0.1) is 12.2 Å². The first kappa shape index (κ1) is 19.8. The lowest BCUT2D eigenvalue weighted by atomic mass is 9.85. The largest absolute Gasteiger partial charge is 0.325 e. The summed E-state index contributed by atoms with van der Waals surface area (Å²) in [5.74, 6) is -0.307. The molecule has 1 atom stereocenters. The normalized spacial score (nSPS) is 18.8. The zero-order valence-electron chi connectivity index (χ0n) is 17.1. The lowest BCUT2D eigenvalue weighted by Gasteiger charge is -2.27. The summed E-state index contributed by atoms with van der Waals surface area (Å²) in [6.07, 6.45) is 3.87. The highest BCUT2D eigenvalue weighted by atomic mass is 16.2. The Labute approximate surface area is 174 Å². The molecule has 3 aromatic rings. The van der Waals surface area contributed by atoms with Crippen LogP contribution in [0.1, 0.15) is 43.0 Å². The Morgan fingerprint density at radius 2 is 1.83 bits per heavy atom. The van der Waals surface area contributed by atoms with E-state index in [4.69, 9.17) is 0 Å². The Balaban J connectivity index is 1.71. The average Bonchev–Trinajstić information content (AvgIpc) is 2.99. The molecule has 1 aliphatic rings. The van der Waals surface area contributed by atoms with Crippen LogP contribution < -0.4 is 10.9 Å². The Kier molecular flexibility index (Phi) is 5.11. The third-order valence-corrected chi connectivity index (χ3v) is 5.61. The predicted octanol–water partition coefficient (Wildman–Crippen LogP) is 3.14. The van der Waals surface area contributed by atoms with Crippen LogP contribution in [0.2, 0.25) is 0 Å². The van der Waals surface area contributed by atoms with Gasteiger partial charge in [0.2, 0.25) is 0 Å². The summed E-state index contributed by atoms with van der Waals surface area (Å²) in [5, 5.41) is 2.93. The van der Waals surface area contributed by atoms with Crippen LogP contribution in [0, 0.1) is 6.92 Å². The van der Waals surface area contributed by atoms with Gasteiger partial charge in [0, 0.05) is 12.3 Å². The number of benzene rings is 1. The SMILES string of the molecule is CCCCC1(c2ccccc2)NC(=O)N(Cc2cc(=O)n3cccc(C)c3n2)C1=O. The fraction of sp³-hybridized carbons (Fsp3) is 0.304. The van der Waals surface area contributed by atoms with Gasteiger partial charge in [-0.15, -0.1) is 0 Å². The predicted molar refractivity (Wildman–Crippen MR) is 113 cm³/mol. The molecule has 1 fully saturated rings. The van der Waals surface area contributed by atoms with Gasteiger partial charge in [-0.25, -0.2) is 9.78 Å². The molecular weight excluding hydrogens is 380 g/mol. The number of amides is 3. The summed E-state index contributed by atoms with van der Waals surface area (Å²) in [6.45, 7) is 3.86. The molecule has 30 heavy (non-hydrogen) atoms. The lowest BCUT2D eigenvalue weighted by molar-refractivity contribution is -0.132. The number of unbranched alkanes of at least 4 members (excludes halogenated alkanes) is 1. The smallest absolute Gasteiger partial charge is 0.319 e. The molecule has 0 saturated carbocycles. The molecule has 3 amide bonds. The van der Waals surface area contributed by atoms with E-state index >= 15 is 0 Å². The molecule has 4 rings (SSSR count). The molecule has 1 unspecified atom stereocenters. The van der Waals surface area contributed by atoms with Crippen molar-refractivity contribution in [3.05, 3.63) is 81.9 Å². The molecule has 7 heteroatoms. The highest BCUT2D eigenvalue weighted by Crippen LogP contribution is 2.34. The van der Waals surface area contributed by atoms with Crippen molar-refractivity contribution >= 4 is 17.6 Å². The van der Waals surface area contributed by atoms with Gasteiger partial charge in [0.15, 0.2) is 0 Å².